The standard InChI is InChI=1S/C33H44FN7O3S/c1-33(2,3)11-15-40-30(43)27(45-31(40)24-8-7-22(34)20-26(24)38-18-16-37(4)17-19-38)21-28(42)39-13-9-23(10-14-39)41-25-6-5-12-35-29(25)36-32(41)44/h5-8,12,20,23,27,31H,9-11,13-19,21H2,1-4H3,(H,35,36,44). The average molecular weight is 638 g/mol. The molecule has 0 bridgehead atoms. The second-order valence-corrected chi connectivity index (χ2v) is 15.1. The number of carbonyl (C=O) groups is 2. The summed E-state index contributed by atoms with van der Waals surface area (Å²) >= 11 is 1.52. The zero-order chi connectivity index (χ0) is 31.9. The third-order valence-corrected chi connectivity index (χ3v) is 10.8. The Kier molecular flexibility index (Phi) is 8.98. The minimum Gasteiger partial charge on any atom is -0.369 e. The smallest absolute Gasteiger partial charge is 0.327 e. The molecule has 2 amide bonds. The second-order valence-electron chi connectivity index (χ2n) is 13.8. The number of anilines is 1. The number of piperazine rings is 1. The Balaban J connectivity index is 1.17. The lowest BCUT2D eigenvalue weighted by Gasteiger charge is -2.37. The van der Waals surface area contributed by atoms with Gasteiger partial charge in [-0.15, -0.1) is 11.8 Å². The first-order chi connectivity index (χ1) is 21.5. The van der Waals surface area contributed by atoms with Gasteiger partial charge in [-0.1, -0.05) is 26.8 Å². The van der Waals surface area contributed by atoms with Crippen molar-refractivity contribution in [3.05, 3.63) is 58.4 Å². The Labute approximate surface area is 267 Å². The van der Waals surface area contributed by atoms with E-state index < -0.39 is 5.25 Å². The number of pyridine rings is 1. The van der Waals surface area contributed by atoms with Crippen LogP contribution in [0.25, 0.3) is 11.2 Å². The molecule has 242 valence electrons. The number of amides is 2. The molecule has 6 rings (SSSR count). The maximum absolute atomic E-state index is 14.6. The summed E-state index contributed by atoms with van der Waals surface area (Å²) in [6, 6.07) is 8.60. The highest BCUT2D eigenvalue weighted by atomic mass is 32.2. The number of aromatic nitrogens is 3. The van der Waals surface area contributed by atoms with Gasteiger partial charge in [0, 0.05) is 75.7 Å². The van der Waals surface area contributed by atoms with Gasteiger partial charge >= 0.3 is 5.69 Å². The summed E-state index contributed by atoms with van der Waals surface area (Å²) < 4.78 is 16.4. The Bertz CT molecular complexity index is 1600. The molecule has 10 nitrogen and oxygen atoms in total. The minimum absolute atomic E-state index is 0.0225. The Morgan fingerprint density at radius 2 is 1.80 bits per heavy atom. The molecule has 0 aliphatic carbocycles. The zero-order valence-corrected chi connectivity index (χ0v) is 27.5. The molecule has 2 unspecified atom stereocenters. The molecule has 0 radical (unpaired) electrons. The van der Waals surface area contributed by atoms with E-state index in [4.69, 9.17) is 0 Å². The molecule has 3 aromatic rings. The van der Waals surface area contributed by atoms with Crippen LogP contribution in [-0.2, 0) is 9.59 Å². The fraction of sp³-hybridized carbons (Fsp3) is 0.576. The fourth-order valence-electron chi connectivity index (χ4n) is 6.68. The van der Waals surface area contributed by atoms with Gasteiger partial charge in [-0.3, -0.25) is 19.1 Å². The van der Waals surface area contributed by atoms with Crippen molar-refractivity contribution in [1.29, 1.82) is 0 Å². The molecule has 3 aliphatic rings. The van der Waals surface area contributed by atoms with Gasteiger partial charge in [-0.2, -0.15) is 0 Å². The zero-order valence-electron chi connectivity index (χ0n) is 26.7. The van der Waals surface area contributed by atoms with Crippen molar-refractivity contribution >= 4 is 40.4 Å². The van der Waals surface area contributed by atoms with E-state index in [-0.39, 0.29) is 46.6 Å². The van der Waals surface area contributed by atoms with Crippen LogP contribution >= 0.6 is 11.8 Å². The topological polar surface area (TPSA) is 97.8 Å². The highest BCUT2D eigenvalue weighted by Gasteiger charge is 2.44. The number of imidazole rings is 1. The van der Waals surface area contributed by atoms with Crippen LogP contribution in [0.15, 0.2) is 41.3 Å². The van der Waals surface area contributed by atoms with Crippen LogP contribution in [-0.4, -0.2) is 99.2 Å². The summed E-state index contributed by atoms with van der Waals surface area (Å²) in [7, 11) is 2.09. The molecule has 1 N–H and O–H groups in total. The quantitative estimate of drug-likeness (QED) is 0.414. The molecule has 0 spiro atoms. The predicted octanol–water partition coefficient (Wildman–Crippen LogP) is 4.25. The summed E-state index contributed by atoms with van der Waals surface area (Å²) in [6.07, 6.45) is 3.91. The number of nitrogens with zero attached hydrogens (tertiary/aromatic N) is 6. The van der Waals surface area contributed by atoms with Gasteiger partial charge in [0.15, 0.2) is 5.65 Å². The van der Waals surface area contributed by atoms with E-state index in [1.54, 1.807) is 16.8 Å². The normalized spacial score (nSPS) is 22.2. The van der Waals surface area contributed by atoms with Gasteiger partial charge in [-0.25, -0.2) is 14.2 Å². The maximum Gasteiger partial charge on any atom is 0.327 e. The van der Waals surface area contributed by atoms with Gasteiger partial charge in [0.2, 0.25) is 11.8 Å². The molecule has 1 aromatic carbocycles. The van der Waals surface area contributed by atoms with Crippen molar-refractivity contribution < 1.29 is 14.0 Å². The number of carbonyl (C=O) groups excluding carboxylic acids is 2. The van der Waals surface area contributed by atoms with E-state index in [0.717, 1.165) is 49.4 Å². The van der Waals surface area contributed by atoms with Gasteiger partial charge < -0.3 is 19.6 Å². The molecular formula is C33H44FN7O3S. The van der Waals surface area contributed by atoms with Crippen molar-refractivity contribution in [2.24, 2.45) is 5.41 Å². The summed E-state index contributed by atoms with van der Waals surface area (Å²) in [4.78, 5) is 55.6. The molecular weight excluding hydrogens is 593 g/mol. The van der Waals surface area contributed by atoms with Gasteiger partial charge in [0.1, 0.15) is 11.2 Å². The Morgan fingerprint density at radius 3 is 2.51 bits per heavy atom. The van der Waals surface area contributed by atoms with E-state index in [1.165, 1.54) is 17.8 Å². The molecule has 45 heavy (non-hydrogen) atoms. The number of piperidine rings is 1. The van der Waals surface area contributed by atoms with Crippen LogP contribution in [0.4, 0.5) is 10.1 Å². The van der Waals surface area contributed by atoms with Gasteiger partial charge in [0.05, 0.1) is 10.8 Å². The van der Waals surface area contributed by atoms with E-state index in [0.29, 0.717) is 38.1 Å². The van der Waals surface area contributed by atoms with Crippen LogP contribution in [0.3, 0.4) is 0 Å². The number of hydrogen-bond donors (Lipinski definition) is 1. The van der Waals surface area contributed by atoms with Crippen LogP contribution < -0.4 is 10.6 Å². The molecule has 0 saturated carbocycles. The van der Waals surface area contributed by atoms with E-state index in [1.807, 2.05) is 28.0 Å². The largest absolute Gasteiger partial charge is 0.369 e. The molecule has 2 aromatic heterocycles. The molecule has 3 saturated heterocycles. The number of halogens is 1. The van der Waals surface area contributed by atoms with Crippen molar-refractivity contribution in [1.82, 2.24) is 29.2 Å². The lowest BCUT2D eigenvalue weighted by atomic mass is 9.92. The van der Waals surface area contributed by atoms with Gasteiger partial charge in [0.25, 0.3) is 0 Å². The number of hydrogen-bond acceptors (Lipinski definition) is 7. The minimum atomic E-state index is -0.507. The lowest BCUT2D eigenvalue weighted by Crippen LogP contribution is -2.45. The van der Waals surface area contributed by atoms with Crippen LogP contribution in [0.2, 0.25) is 0 Å². The summed E-state index contributed by atoms with van der Waals surface area (Å²) in [5.41, 5.74) is 2.96. The summed E-state index contributed by atoms with van der Waals surface area (Å²) in [6.45, 7) is 11.5. The highest BCUT2D eigenvalue weighted by molar-refractivity contribution is 8.01. The molecule has 5 heterocycles. The third-order valence-electron chi connectivity index (χ3n) is 9.37. The number of fused-ring (bicyclic) bond motifs is 1. The van der Waals surface area contributed by atoms with Crippen LogP contribution in [0.1, 0.15) is 63.4 Å². The fourth-order valence-corrected chi connectivity index (χ4v) is 8.18. The van der Waals surface area contributed by atoms with E-state index in [9.17, 15) is 18.8 Å². The lowest BCUT2D eigenvalue weighted by molar-refractivity contribution is -0.136. The average Bonchev–Trinajstić information content (AvgIpc) is 3.51. The molecule has 3 fully saturated rings. The van der Waals surface area contributed by atoms with E-state index in [2.05, 4.69) is 47.6 Å². The molecule has 3 aliphatic heterocycles. The SMILES string of the molecule is CN1CCN(c2cc(F)ccc2C2SC(CC(=O)N3CCC(n4c(=O)[nH]c5ncccc54)CC3)C(=O)N2CCC(C)(C)C)CC1. The first kappa shape index (κ1) is 31.6. The molecule has 2 atom stereocenters. The number of rotatable bonds is 7. The summed E-state index contributed by atoms with van der Waals surface area (Å²) in [5.74, 6) is -0.351. The van der Waals surface area contributed by atoms with Crippen LogP contribution in [0, 0.1) is 11.2 Å². The number of thioether (sulfide) groups is 1. The van der Waals surface area contributed by atoms with Gasteiger partial charge in [-0.05, 0) is 56.0 Å². The highest BCUT2D eigenvalue weighted by Crippen LogP contribution is 2.48. The predicted molar refractivity (Wildman–Crippen MR) is 176 cm³/mol. The van der Waals surface area contributed by atoms with Crippen molar-refractivity contribution in [3.8, 4) is 0 Å². The van der Waals surface area contributed by atoms with E-state index >= 15 is 0 Å². The monoisotopic (exact) mass is 637 g/mol. The second kappa shape index (κ2) is 12.8. The number of likely N-dealkylation sites (tertiary alicyclic amines) is 1. The number of likely N-dealkylation sites (N-methyl/N-ethyl adjacent to an activating group) is 1. The molecule has 12 heteroatoms. The first-order valence-corrected chi connectivity index (χ1v) is 16.9. The summed E-state index contributed by atoms with van der Waals surface area (Å²) in [5, 5.41) is -0.797. The number of benzene rings is 1. The Morgan fingerprint density at radius 1 is 1.07 bits per heavy atom. The Hall–Kier alpha value is -3.38. The van der Waals surface area contributed by atoms with Crippen LogP contribution in [0.5, 0.6) is 0 Å². The number of H-pyrrole nitrogens is 1. The van der Waals surface area contributed by atoms with Crippen molar-refractivity contribution in [2.75, 3.05) is 57.8 Å². The first-order valence-electron chi connectivity index (χ1n) is 16.0. The van der Waals surface area contributed by atoms with Crippen molar-refractivity contribution in [2.45, 2.75) is 63.1 Å². The number of aromatic amines is 1. The maximum atomic E-state index is 14.6. The number of nitrogens with one attached hydrogen (secondary N) is 1. The third kappa shape index (κ3) is 6.77. The van der Waals surface area contributed by atoms with Crippen molar-refractivity contribution in [3.63, 3.8) is 0 Å².